The lowest BCUT2D eigenvalue weighted by Gasteiger charge is -2.33. The van der Waals surface area contributed by atoms with Gasteiger partial charge in [0, 0.05) is 36.6 Å². The highest BCUT2D eigenvalue weighted by molar-refractivity contribution is 9.10. The summed E-state index contributed by atoms with van der Waals surface area (Å²) in [6.07, 6.45) is 1.01. The summed E-state index contributed by atoms with van der Waals surface area (Å²) < 4.78 is 6.93. The molecule has 5 heteroatoms. The first-order chi connectivity index (χ1) is 13.2. The van der Waals surface area contributed by atoms with Crippen LogP contribution in [-0.2, 0) is 16.1 Å². The van der Waals surface area contributed by atoms with E-state index in [-0.39, 0.29) is 17.9 Å². The summed E-state index contributed by atoms with van der Waals surface area (Å²) in [5.74, 6) is 0.627. The molecular weight excluding hydrogens is 404 g/mol. The van der Waals surface area contributed by atoms with Crippen molar-refractivity contribution < 1.29 is 9.53 Å². The van der Waals surface area contributed by atoms with Crippen LogP contribution in [0.1, 0.15) is 23.5 Å². The number of nitrogens with zero attached hydrogens (tertiary/aromatic N) is 1. The zero-order valence-corrected chi connectivity index (χ0v) is 16.9. The van der Waals surface area contributed by atoms with Crippen molar-refractivity contribution >= 4 is 21.8 Å². The van der Waals surface area contributed by atoms with E-state index in [0.717, 1.165) is 37.1 Å². The van der Waals surface area contributed by atoms with Gasteiger partial charge in [-0.05, 0) is 35.6 Å². The molecule has 0 spiro atoms. The van der Waals surface area contributed by atoms with Gasteiger partial charge >= 0.3 is 0 Å². The maximum absolute atomic E-state index is 12.5. The first-order valence-electron chi connectivity index (χ1n) is 9.60. The Morgan fingerprint density at radius 1 is 1.15 bits per heavy atom. The molecule has 4 nitrogen and oxygen atoms in total. The molecule has 1 aliphatic heterocycles. The van der Waals surface area contributed by atoms with Gasteiger partial charge in [-0.1, -0.05) is 58.4 Å². The van der Waals surface area contributed by atoms with Crippen LogP contribution in [0.4, 0.5) is 0 Å². The van der Waals surface area contributed by atoms with Crippen molar-refractivity contribution in [2.45, 2.75) is 25.0 Å². The molecule has 2 aromatic carbocycles. The van der Waals surface area contributed by atoms with Crippen LogP contribution in [0, 0.1) is 5.92 Å². The van der Waals surface area contributed by atoms with E-state index in [4.69, 9.17) is 4.74 Å². The number of rotatable bonds is 6. The third-order valence-electron chi connectivity index (χ3n) is 5.40. The second-order valence-corrected chi connectivity index (χ2v) is 8.37. The predicted octanol–water partition coefficient (Wildman–Crippen LogP) is 3.57. The fourth-order valence-electron chi connectivity index (χ4n) is 3.80. The standard InChI is InChI=1S/C22H25BrN2O2/c23-18-8-6-17(7-9-18)20-12-21(20)22(26)24-13-19-15-25(10-11-27-19)14-16-4-2-1-3-5-16/h1-9,19-21H,10-15H2,(H,24,26). The summed E-state index contributed by atoms with van der Waals surface area (Å²) in [4.78, 5) is 14.9. The van der Waals surface area contributed by atoms with Gasteiger partial charge in [-0.15, -0.1) is 0 Å². The van der Waals surface area contributed by atoms with Crippen LogP contribution in [0.15, 0.2) is 59.1 Å². The van der Waals surface area contributed by atoms with Gasteiger partial charge in [-0.3, -0.25) is 9.69 Å². The Hall–Kier alpha value is -1.69. The van der Waals surface area contributed by atoms with Gasteiger partial charge in [-0.2, -0.15) is 0 Å². The fourth-order valence-corrected chi connectivity index (χ4v) is 4.06. The second kappa shape index (κ2) is 8.55. The molecule has 0 bridgehead atoms. The van der Waals surface area contributed by atoms with Crippen LogP contribution in [0.25, 0.3) is 0 Å². The van der Waals surface area contributed by atoms with Crippen molar-refractivity contribution in [2.75, 3.05) is 26.2 Å². The third kappa shape index (κ3) is 4.98. The number of halogens is 1. The highest BCUT2D eigenvalue weighted by atomic mass is 79.9. The Bertz CT molecular complexity index is 766. The molecule has 3 atom stereocenters. The third-order valence-corrected chi connectivity index (χ3v) is 5.93. The van der Waals surface area contributed by atoms with Crippen LogP contribution in [0.2, 0.25) is 0 Å². The Kier molecular flexibility index (Phi) is 5.91. The number of benzene rings is 2. The Balaban J connectivity index is 1.23. The molecule has 1 saturated heterocycles. The van der Waals surface area contributed by atoms with E-state index in [0.29, 0.717) is 12.5 Å². The molecule has 1 N–H and O–H groups in total. The maximum atomic E-state index is 12.5. The first kappa shape index (κ1) is 18.7. The molecule has 2 aliphatic rings. The first-order valence-corrected chi connectivity index (χ1v) is 10.4. The summed E-state index contributed by atoms with van der Waals surface area (Å²) in [6, 6.07) is 18.8. The quantitative estimate of drug-likeness (QED) is 0.764. The van der Waals surface area contributed by atoms with Crippen LogP contribution >= 0.6 is 15.9 Å². The van der Waals surface area contributed by atoms with Gasteiger partial charge in [-0.25, -0.2) is 0 Å². The Morgan fingerprint density at radius 3 is 2.70 bits per heavy atom. The fraction of sp³-hybridized carbons (Fsp3) is 0.409. The van der Waals surface area contributed by atoms with Crippen molar-refractivity contribution in [2.24, 2.45) is 5.92 Å². The summed E-state index contributed by atoms with van der Waals surface area (Å²) >= 11 is 3.46. The second-order valence-electron chi connectivity index (χ2n) is 7.46. The van der Waals surface area contributed by atoms with Crippen molar-refractivity contribution in [1.82, 2.24) is 10.2 Å². The highest BCUT2D eigenvalue weighted by Crippen LogP contribution is 2.47. The minimum Gasteiger partial charge on any atom is -0.374 e. The van der Waals surface area contributed by atoms with Gasteiger partial charge in [0.25, 0.3) is 0 Å². The molecule has 2 aromatic rings. The van der Waals surface area contributed by atoms with E-state index in [1.165, 1.54) is 11.1 Å². The lowest BCUT2D eigenvalue weighted by Crippen LogP contribution is -2.47. The van der Waals surface area contributed by atoms with Gasteiger partial charge in [0.2, 0.25) is 5.91 Å². The molecule has 142 valence electrons. The number of hydrogen-bond acceptors (Lipinski definition) is 3. The lowest BCUT2D eigenvalue weighted by atomic mass is 10.1. The highest BCUT2D eigenvalue weighted by Gasteiger charge is 2.43. The zero-order chi connectivity index (χ0) is 18.6. The van der Waals surface area contributed by atoms with Crippen LogP contribution in [0.3, 0.4) is 0 Å². The summed E-state index contributed by atoms with van der Waals surface area (Å²) in [7, 11) is 0. The van der Waals surface area contributed by atoms with Crippen molar-refractivity contribution in [1.29, 1.82) is 0 Å². The zero-order valence-electron chi connectivity index (χ0n) is 15.3. The number of nitrogens with one attached hydrogen (secondary N) is 1. The Labute approximate surface area is 169 Å². The summed E-state index contributed by atoms with van der Waals surface area (Å²) in [5, 5.41) is 3.11. The number of morpholine rings is 1. The molecule has 1 heterocycles. The topological polar surface area (TPSA) is 41.6 Å². The van der Waals surface area contributed by atoms with Crippen LogP contribution < -0.4 is 5.32 Å². The van der Waals surface area contributed by atoms with Gasteiger partial charge in [0.05, 0.1) is 12.7 Å². The number of hydrogen-bond donors (Lipinski definition) is 1. The van der Waals surface area contributed by atoms with Crippen molar-refractivity contribution in [3.8, 4) is 0 Å². The molecule has 1 saturated carbocycles. The van der Waals surface area contributed by atoms with E-state index in [1.807, 2.05) is 18.2 Å². The predicted molar refractivity (Wildman–Crippen MR) is 109 cm³/mol. The minimum absolute atomic E-state index is 0.0660. The molecule has 3 unspecified atom stereocenters. The van der Waals surface area contributed by atoms with Crippen molar-refractivity contribution in [3.63, 3.8) is 0 Å². The number of amides is 1. The minimum atomic E-state index is 0.0660. The Morgan fingerprint density at radius 2 is 1.93 bits per heavy atom. The summed E-state index contributed by atoms with van der Waals surface area (Å²) in [6.45, 7) is 4.04. The maximum Gasteiger partial charge on any atom is 0.223 e. The van der Waals surface area contributed by atoms with Crippen molar-refractivity contribution in [3.05, 3.63) is 70.2 Å². The summed E-state index contributed by atoms with van der Waals surface area (Å²) in [5.41, 5.74) is 2.57. The molecule has 4 rings (SSSR count). The molecule has 0 radical (unpaired) electrons. The molecular formula is C22H25BrN2O2. The van der Waals surface area contributed by atoms with Crippen LogP contribution in [-0.4, -0.2) is 43.2 Å². The van der Waals surface area contributed by atoms with Gasteiger partial charge < -0.3 is 10.1 Å². The smallest absolute Gasteiger partial charge is 0.223 e. The molecule has 27 heavy (non-hydrogen) atoms. The monoisotopic (exact) mass is 428 g/mol. The SMILES string of the molecule is O=C(NCC1CN(Cc2ccccc2)CCO1)C1CC1c1ccc(Br)cc1. The number of carbonyl (C=O) groups is 1. The van der Waals surface area contributed by atoms with Crippen LogP contribution in [0.5, 0.6) is 0 Å². The van der Waals surface area contributed by atoms with E-state index >= 15 is 0 Å². The van der Waals surface area contributed by atoms with E-state index < -0.39 is 0 Å². The van der Waals surface area contributed by atoms with Gasteiger partial charge in [0.1, 0.15) is 0 Å². The lowest BCUT2D eigenvalue weighted by molar-refractivity contribution is -0.123. The number of ether oxygens (including phenoxy) is 1. The van der Waals surface area contributed by atoms with E-state index in [9.17, 15) is 4.79 Å². The molecule has 1 amide bonds. The van der Waals surface area contributed by atoms with Gasteiger partial charge in [0.15, 0.2) is 0 Å². The largest absolute Gasteiger partial charge is 0.374 e. The molecule has 0 aromatic heterocycles. The average Bonchev–Trinajstić information content (AvgIpc) is 3.49. The van der Waals surface area contributed by atoms with E-state index in [2.05, 4.69) is 62.5 Å². The normalized spacial score (nSPS) is 25.1. The number of carbonyl (C=O) groups excluding carboxylic acids is 1. The molecule has 1 aliphatic carbocycles. The molecule has 2 fully saturated rings. The van der Waals surface area contributed by atoms with E-state index in [1.54, 1.807) is 0 Å². The average molecular weight is 429 g/mol.